The molecule has 0 radical (unpaired) electrons. The number of nitrogens with zero attached hydrogens (tertiary/aromatic N) is 4. The van der Waals surface area contributed by atoms with Crippen LogP contribution >= 0.6 is 11.6 Å². The van der Waals surface area contributed by atoms with Gasteiger partial charge < -0.3 is 4.74 Å². The third kappa shape index (κ3) is 1.56. The van der Waals surface area contributed by atoms with Crippen LogP contribution in [0, 0.1) is 0 Å². The Morgan fingerprint density at radius 2 is 2.38 bits per heavy atom. The van der Waals surface area contributed by atoms with Gasteiger partial charge in [-0.15, -0.1) is 5.10 Å². The first-order valence-corrected chi connectivity index (χ1v) is 5.69. The molecule has 16 heavy (non-hydrogen) atoms. The van der Waals surface area contributed by atoms with Crippen LogP contribution in [0.15, 0.2) is 12.5 Å². The van der Waals surface area contributed by atoms with E-state index in [2.05, 4.69) is 15.2 Å². The molecule has 2 aromatic heterocycles. The van der Waals surface area contributed by atoms with Gasteiger partial charge in [0.25, 0.3) is 0 Å². The zero-order valence-electron chi connectivity index (χ0n) is 8.64. The number of aromatic nitrogens is 4. The summed E-state index contributed by atoms with van der Waals surface area (Å²) in [4.78, 5) is 4.24. The van der Waals surface area contributed by atoms with Gasteiger partial charge in [0.1, 0.15) is 11.7 Å². The van der Waals surface area contributed by atoms with Crippen molar-refractivity contribution in [2.45, 2.75) is 25.5 Å². The lowest BCUT2D eigenvalue weighted by Crippen LogP contribution is -2.17. The normalized spacial score (nSPS) is 21.4. The molecule has 0 aliphatic carbocycles. The largest absolute Gasteiger partial charge is 0.358 e. The van der Waals surface area contributed by atoms with Gasteiger partial charge in [0.05, 0.1) is 17.5 Å². The van der Waals surface area contributed by atoms with Gasteiger partial charge in [-0.25, -0.2) is 4.98 Å². The summed E-state index contributed by atoms with van der Waals surface area (Å²) in [6.07, 6.45) is 6.52. The van der Waals surface area contributed by atoms with Crippen LogP contribution in [-0.4, -0.2) is 26.4 Å². The maximum absolute atomic E-state index is 5.99. The number of hydrogen-bond donors (Lipinski definition) is 0. The van der Waals surface area contributed by atoms with E-state index in [0.717, 1.165) is 19.4 Å². The lowest BCUT2D eigenvalue weighted by Gasteiger charge is -2.23. The van der Waals surface area contributed by atoms with Crippen molar-refractivity contribution in [3.8, 4) is 0 Å². The average Bonchev–Trinajstić information content (AvgIpc) is 2.75. The monoisotopic (exact) mass is 238 g/mol. The molecule has 0 N–H and O–H groups in total. The molecule has 0 spiro atoms. The SMILES string of the molecule is Clc1cnnc2c1ncn2C1CCCCO1. The summed E-state index contributed by atoms with van der Waals surface area (Å²) in [7, 11) is 0. The van der Waals surface area contributed by atoms with Crippen molar-refractivity contribution in [3.63, 3.8) is 0 Å². The van der Waals surface area contributed by atoms with E-state index in [4.69, 9.17) is 16.3 Å². The maximum atomic E-state index is 5.99. The highest BCUT2D eigenvalue weighted by Gasteiger charge is 2.19. The number of rotatable bonds is 1. The second kappa shape index (κ2) is 3.99. The number of fused-ring (bicyclic) bond motifs is 1. The van der Waals surface area contributed by atoms with Crippen LogP contribution < -0.4 is 0 Å². The van der Waals surface area contributed by atoms with Crippen molar-refractivity contribution >= 4 is 22.8 Å². The Kier molecular flexibility index (Phi) is 2.49. The molecule has 84 valence electrons. The van der Waals surface area contributed by atoms with Crippen LogP contribution in [0.25, 0.3) is 11.2 Å². The summed E-state index contributed by atoms with van der Waals surface area (Å²) < 4.78 is 7.59. The van der Waals surface area contributed by atoms with Gasteiger partial charge >= 0.3 is 0 Å². The number of halogens is 1. The van der Waals surface area contributed by atoms with Gasteiger partial charge in [0.15, 0.2) is 5.65 Å². The second-order valence-corrected chi connectivity index (χ2v) is 4.24. The Morgan fingerprint density at radius 1 is 1.44 bits per heavy atom. The molecule has 5 nitrogen and oxygen atoms in total. The zero-order valence-corrected chi connectivity index (χ0v) is 9.39. The van der Waals surface area contributed by atoms with E-state index in [0.29, 0.717) is 16.2 Å². The fraction of sp³-hybridized carbons (Fsp3) is 0.500. The molecule has 3 heterocycles. The molecule has 1 aliphatic heterocycles. The summed E-state index contributed by atoms with van der Waals surface area (Å²) in [6, 6.07) is 0. The second-order valence-electron chi connectivity index (χ2n) is 3.84. The quantitative estimate of drug-likeness (QED) is 0.764. The van der Waals surface area contributed by atoms with Gasteiger partial charge in [0.2, 0.25) is 0 Å². The summed E-state index contributed by atoms with van der Waals surface area (Å²) in [5.41, 5.74) is 1.38. The van der Waals surface area contributed by atoms with E-state index in [1.165, 1.54) is 12.6 Å². The number of hydrogen-bond acceptors (Lipinski definition) is 4. The van der Waals surface area contributed by atoms with E-state index >= 15 is 0 Å². The maximum Gasteiger partial charge on any atom is 0.186 e. The Bertz CT molecular complexity index is 506. The molecule has 6 heteroatoms. The molecule has 0 bridgehead atoms. The minimum atomic E-state index is 0.0199. The molecule has 0 saturated carbocycles. The van der Waals surface area contributed by atoms with Crippen molar-refractivity contribution in [1.29, 1.82) is 0 Å². The highest BCUT2D eigenvalue weighted by atomic mass is 35.5. The van der Waals surface area contributed by atoms with Crippen LogP contribution in [0.4, 0.5) is 0 Å². The van der Waals surface area contributed by atoms with E-state index in [1.54, 1.807) is 6.33 Å². The standard InChI is InChI=1S/C10H11ClN4O/c11-7-5-13-14-10-9(7)12-6-15(10)8-3-1-2-4-16-8/h5-6,8H,1-4H2. The first kappa shape index (κ1) is 9.99. The Balaban J connectivity index is 2.06. The number of ether oxygens (including phenoxy) is 1. The summed E-state index contributed by atoms with van der Waals surface area (Å²) >= 11 is 5.99. The van der Waals surface area contributed by atoms with Crippen molar-refractivity contribution < 1.29 is 4.74 Å². The van der Waals surface area contributed by atoms with Gasteiger partial charge in [-0.1, -0.05) is 11.6 Å². The summed E-state index contributed by atoms with van der Waals surface area (Å²) in [5, 5.41) is 8.43. The van der Waals surface area contributed by atoms with E-state index in [1.807, 2.05) is 4.57 Å². The van der Waals surface area contributed by atoms with Crippen molar-refractivity contribution in [3.05, 3.63) is 17.5 Å². The van der Waals surface area contributed by atoms with Gasteiger partial charge in [-0.3, -0.25) is 4.57 Å². The molecule has 1 fully saturated rings. The fourth-order valence-electron chi connectivity index (χ4n) is 1.97. The summed E-state index contributed by atoms with van der Waals surface area (Å²) in [5.74, 6) is 0. The van der Waals surface area contributed by atoms with Crippen LogP contribution in [0.5, 0.6) is 0 Å². The molecule has 1 atom stereocenters. The van der Waals surface area contributed by atoms with Crippen molar-refractivity contribution in [2.24, 2.45) is 0 Å². The Hall–Kier alpha value is -1.20. The lowest BCUT2D eigenvalue weighted by molar-refractivity contribution is -0.0298. The molecule has 2 aromatic rings. The molecule has 1 unspecified atom stereocenters. The first-order chi connectivity index (χ1) is 7.86. The van der Waals surface area contributed by atoms with Crippen LogP contribution in [0.3, 0.4) is 0 Å². The van der Waals surface area contributed by atoms with E-state index < -0.39 is 0 Å². The lowest BCUT2D eigenvalue weighted by atomic mass is 10.2. The van der Waals surface area contributed by atoms with Crippen LogP contribution in [-0.2, 0) is 4.74 Å². The van der Waals surface area contributed by atoms with Gasteiger partial charge in [-0.05, 0) is 19.3 Å². The molecule has 3 rings (SSSR count). The molecule has 1 saturated heterocycles. The fourth-order valence-corrected chi connectivity index (χ4v) is 2.15. The third-order valence-electron chi connectivity index (χ3n) is 2.78. The predicted molar refractivity (Wildman–Crippen MR) is 59.2 cm³/mol. The number of imidazole rings is 1. The molecule has 1 aliphatic rings. The minimum absolute atomic E-state index is 0.0199. The molecular weight excluding hydrogens is 228 g/mol. The van der Waals surface area contributed by atoms with Crippen LogP contribution in [0.1, 0.15) is 25.5 Å². The van der Waals surface area contributed by atoms with Gasteiger partial charge in [-0.2, -0.15) is 5.10 Å². The summed E-state index contributed by atoms with van der Waals surface area (Å²) in [6.45, 7) is 0.790. The van der Waals surface area contributed by atoms with E-state index in [9.17, 15) is 0 Å². The topological polar surface area (TPSA) is 52.8 Å². The predicted octanol–water partition coefficient (Wildman–Crippen LogP) is 2.18. The van der Waals surface area contributed by atoms with Crippen LogP contribution in [0.2, 0.25) is 5.02 Å². The Labute approximate surface area is 97.4 Å². The highest BCUT2D eigenvalue weighted by Crippen LogP contribution is 2.27. The first-order valence-electron chi connectivity index (χ1n) is 5.31. The van der Waals surface area contributed by atoms with E-state index in [-0.39, 0.29) is 6.23 Å². The zero-order chi connectivity index (χ0) is 11.0. The Morgan fingerprint density at radius 3 is 3.19 bits per heavy atom. The van der Waals surface area contributed by atoms with Gasteiger partial charge in [0, 0.05) is 6.61 Å². The van der Waals surface area contributed by atoms with Crippen molar-refractivity contribution in [2.75, 3.05) is 6.61 Å². The molecular formula is C10H11ClN4O. The minimum Gasteiger partial charge on any atom is -0.358 e. The molecule has 0 amide bonds. The molecule has 0 aromatic carbocycles. The van der Waals surface area contributed by atoms with Crippen molar-refractivity contribution in [1.82, 2.24) is 19.7 Å². The average molecular weight is 239 g/mol. The smallest absolute Gasteiger partial charge is 0.186 e. The third-order valence-corrected chi connectivity index (χ3v) is 3.06. The highest BCUT2D eigenvalue weighted by molar-refractivity contribution is 6.34.